The van der Waals surface area contributed by atoms with E-state index in [2.05, 4.69) is 20.7 Å². The average Bonchev–Trinajstić information content (AvgIpc) is 3.17. The zero-order valence-corrected chi connectivity index (χ0v) is 17.3. The Morgan fingerprint density at radius 3 is 2.54 bits per heavy atom. The van der Waals surface area contributed by atoms with Crippen molar-refractivity contribution in [3.63, 3.8) is 0 Å². The fourth-order valence-corrected chi connectivity index (χ4v) is 3.21. The van der Waals surface area contributed by atoms with Gasteiger partial charge in [0.2, 0.25) is 5.91 Å². The van der Waals surface area contributed by atoms with E-state index in [1.54, 1.807) is 18.1 Å². The molecule has 0 radical (unpaired) electrons. The fourth-order valence-electron chi connectivity index (χ4n) is 3.21. The Kier molecular flexibility index (Phi) is 7.98. The van der Waals surface area contributed by atoms with Crippen molar-refractivity contribution in [2.24, 2.45) is 17.5 Å². The summed E-state index contributed by atoms with van der Waals surface area (Å²) >= 11 is 0. The SMILES string of the molecule is CN=C(NCc1ccnn1C)NCC1(C(=O)N(C)C)CCCC1.I. The van der Waals surface area contributed by atoms with E-state index in [1.165, 1.54) is 0 Å². The van der Waals surface area contributed by atoms with Crippen LogP contribution in [-0.4, -0.2) is 54.2 Å². The summed E-state index contributed by atoms with van der Waals surface area (Å²) in [5.41, 5.74) is 0.779. The van der Waals surface area contributed by atoms with E-state index in [0.29, 0.717) is 19.0 Å². The number of nitrogens with one attached hydrogen (secondary N) is 2. The molecule has 0 atom stereocenters. The Balaban J connectivity index is 0.00000288. The van der Waals surface area contributed by atoms with Crippen LogP contribution >= 0.6 is 24.0 Å². The van der Waals surface area contributed by atoms with Crippen LogP contribution in [0.2, 0.25) is 0 Å². The van der Waals surface area contributed by atoms with E-state index in [4.69, 9.17) is 0 Å². The van der Waals surface area contributed by atoms with Crippen molar-refractivity contribution in [3.05, 3.63) is 18.0 Å². The molecule has 1 amide bonds. The Bertz CT molecular complexity index is 563. The van der Waals surface area contributed by atoms with E-state index in [0.717, 1.165) is 31.4 Å². The fraction of sp³-hybridized carbons (Fsp3) is 0.688. The van der Waals surface area contributed by atoms with Crippen LogP contribution < -0.4 is 10.6 Å². The highest BCUT2D eigenvalue weighted by molar-refractivity contribution is 14.0. The molecule has 0 spiro atoms. The minimum atomic E-state index is -0.298. The van der Waals surface area contributed by atoms with Crippen LogP contribution in [-0.2, 0) is 18.4 Å². The van der Waals surface area contributed by atoms with Crippen molar-refractivity contribution in [1.29, 1.82) is 0 Å². The molecule has 1 fully saturated rings. The number of halogens is 1. The van der Waals surface area contributed by atoms with Gasteiger partial charge < -0.3 is 15.5 Å². The molecule has 1 aromatic rings. The Morgan fingerprint density at radius 1 is 1.38 bits per heavy atom. The van der Waals surface area contributed by atoms with Gasteiger partial charge in [0, 0.05) is 40.9 Å². The van der Waals surface area contributed by atoms with Crippen molar-refractivity contribution in [2.45, 2.75) is 32.2 Å². The van der Waals surface area contributed by atoms with Gasteiger partial charge in [0.15, 0.2) is 5.96 Å². The Labute approximate surface area is 161 Å². The Hall–Kier alpha value is -1.32. The first-order valence-electron chi connectivity index (χ1n) is 8.12. The third kappa shape index (κ3) is 4.84. The van der Waals surface area contributed by atoms with Gasteiger partial charge in [-0.2, -0.15) is 5.10 Å². The lowest BCUT2D eigenvalue weighted by Gasteiger charge is -2.31. The molecule has 0 aromatic carbocycles. The Morgan fingerprint density at radius 2 is 2.04 bits per heavy atom. The number of hydrogen-bond acceptors (Lipinski definition) is 3. The van der Waals surface area contributed by atoms with Gasteiger partial charge in [-0.1, -0.05) is 12.8 Å². The lowest BCUT2D eigenvalue weighted by Crippen LogP contribution is -2.49. The maximum Gasteiger partial charge on any atom is 0.230 e. The van der Waals surface area contributed by atoms with E-state index >= 15 is 0 Å². The molecule has 0 unspecified atom stereocenters. The van der Waals surface area contributed by atoms with E-state index in [9.17, 15) is 4.79 Å². The zero-order valence-electron chi connectivity index (χ0n) is 15.0. The number of guanidine groups is 1. The highest BCUT2D eigenvalue weighted by atomic mass is 127. The van der Waals surface area contributed by atoms with Gasteiger partial charge in [-0.25, -0.2) is 0 Å². The first kappa shape index (κ1) is 20.7. The highest BCUT2D eigenvalue weighted by Gasteiger charge is 2.42. The number of aryl methyl sites for hydroxylation is 1. The van der Waals surface area contributed by atoms with Gasteiger partial charge in [-0.3, -0.25) is 14.5 Å². The molecule has 136 valence electrons. The lowest BCUT2D eigenvalue weighted by molar-refractivity contribution is -0.138. The number of aliphatic imine (C=N–C) groups is 1. The van der Waals surface area contributed by atoms with E-state index in [1.807, 2.05) is 31.9 Å². The molecule has 1 aliphatic carbocycles. The first-order valence-corrected chi connectivity index (χ1v) is 8.12. The van der Waals surface area contributed by atoms with Crippen LogP contribution in [0.1, 0.15) is 31.4 Å². The van der Waals surface area contributed by atoms with Crippen molar-refractivity contribution < 1.29 is 4.79 Å². The number of carbonyl (C=O) groups is 1. The molecule has 0 aliphatic heterocycles. The second-order valence-electron chi connectivity index (χ2n) is 6.41. The molecule has 8 heteroatoms. The molecule has 1 aromatic heterocycles. The number of aromatic nitrogens is 2. The summed E-state index contributed by atoms with van der Waals surface area (Å²) < 4.78 is 1.83. The summed E-state index contributed by atoms with van der Waals surface area (Å²) in [5.74, 6) is 0.925. The molecule has 24 heavy (non-hydrogen) atoms. The number of rotatable bonds is 5. The maximum absolute atomic E-state index is 12.6. The number of amides is 1. The standard InChI is InChI=1S/C16H28N6O.HI/c1-17-15(18-11-13-7-10-20-22(13)4)19-12-16(8-5-6-9-16)14(23)21(2)3;/h7,10H,5-6,8-9,11-12H2,1-4H3,(H2,17,18,19);1H. The summed E-state index contributed by atoms with van der Waals surface area (Å²) in [7, 11) is 7.32. The average molecular weight is 448 g/mol. The summed E-state index contributed by atoms with van der Waals surface area (Å²) in [4.78, 5) is 18.5. The van der Waals surface area contributed by atoms with Crippen LogP contribution in [0.5, 0.6) is 0 Å². The monoisotopic (exact) mass is 448 g/mol. The van der Waals surface area contributed by atoms with Crippen molar-refractivity contribution in [3.8, 4) is 0 Å². The third-order valence-electron chi connectivity index (χ3n) is 4.60. The molecule has 0 saturated heterocycles. The van der Waals surface area contributed by atoms with Gasteiger partial charge in [-0.15, -0.1) is 24.0 Å². The highest BCUT2D eigenvalue weighted by Crippen LogP contribution is 2.38. The molecule has 1 saturated carbocycles. The van der Waals surface area contributed by atoms with Crippen LogP contribution in [0.25, 0.3) is 0 Å². The van der Waals surface area contributed by atoms with Gasteiger partial charge in [-0.05, 0) is 18.9 Å². The minimum Gasteiger partial charge on any atom is -0.355 e. The van der Waals surface area contributed by atoms with Gasteiger partial charge in [0.05, 0.1) is 17.7 Å². The summed E-state index contributed by atoms with van der Waals surface area (Å²) in [5, 5.41) is 10.8. The zero-order chi connectivity index (χ0) is 16.9. The number of carbonyl (C=O) groups excluding carboxylic acids is 1. The number of nitrogens with zero attached hydrogens (tertiary/aromatic N) is 4. The van der Waals surface area contributed by atoms with Crippen molar-refractivity contribution in [1.82, 2.24) is 25.3 Å². The quantitative estimate of drug-likeness (QED) is 0.405. The second-order valence-corrected chi connectivity index (χ2v) is 6.41. The minimum absolute atomic E-state index is 0. The van der Waals surface area contributed by atoms with Crippen LogP contribution in [0.4, 0.5) is 0 Å². The van der Waals surface area contributed by atoms with Crippen LogP contribution in [0.3, 0.4) is 0 Å². The summed E-state index contributed by atoms with van der Waals surface area (Å²) in [6.07, 6.45) is 5.88. The van der Waals surface area contributed by atoms with Gasteiger partial charge in [0.25, 0.3) is 0 Å². The molecular weight excluding hydrogens is 419 g/mol. The molecule has 2 N–H and O–H groups in total. The molecule has 1 aliphatic rings. The predicted molar refractivity (Wildman–Crippen MR) is 106 cm³/mol. The number of hydrogen-bond donors (Lipinski definition) is 2. The molecule has 0 bridgehead atoms. The molecule has 1 heterocycles. The van der Waals surface area contributed by atoms with Gasteiger partial charge in [0.1, 0.15) is 0 Å². The van der Waals surface area contributed by atoms with Crippen molar-refractivity contribution >= 4 is 35.8 Å². The first-order chi connectivity index (χ1) is 11.0. The van der Waals surface area contributed by atoms with Gasteiger partial charge >= 0.3 is 0 Å². The summed E-state index contributed by atoms with van der Waals surface area (Å²) in [6.45, 7) is 1.26. The molecule has 2 rings (SSSR count). The predicted octanol–water partition coefficient (Wildman–Crippen LogP) is 1.35. The normalized spacial score (nSPS) is 16.4. The van der Waals surface area contributed by atoms with E-state index in [-0.39, 0.29) is 35.3 Å². The molecular formula is C16H29IN6O. The van der Waals surface area contributed by atoms with Crippen LogP contribution in [0, 0.1) is 5.41 Å². The summed E-state index contributed by atoms with van der Waals surface area (Å²) in [6, 6.07) is 1.97. The third-order valence-corrected chi connectivity index (χ3v) is 4.60. The van der Waals surface area contributed by atoms with Crippen LogP contribution in [0.15, 0.2) is 17.3 Å². The lowest BCUT2D eigenvalue weighted by atomic mass is 9.84. The maximum atomic E-state index is 12.6. The van der Waals surface area contributed by atoms with E-state index < -0.39 is 0 Å². The largest absolute Gasteiger partial charge is 0.355 e. The molecule has 7 nitrogen and oxygen atoms in total. The van der Waals surface area contributed by atoms with Crippen molar-refractivity contribution in [2.75, 3.05) is 27.7 Å². The second kappa shape index (κ2) is 9.24. The smallest absolute Gasteiger partial charge is 0.230 e. The topological polar surface area (TPSA) is 74.5 Å².